The van der Waals surface area contributed by atoms with E-state index >= 15 is 0 Å². The SMILES string of the molecule is CCCCc1oc2cccc([N+](=O)[O-])c2c1C(=O)c1ccc(O)cc1. The molecule has 128 valence electrons. The molecule has 3 aromatic rings. The van der Waals surface area contributed by atoms with Gasteiger partial charge in [0, 0.05) is 18.1 Å². The van der Waals surface area contributed by atoms with Gasteiger partial charge in [-0.25, -0.2) is 0 Å². The molecule has 0 unspecified atom stereocenters. The number of nitrogens with zero attached hydrogens (tertiary/aromatic N) is 1. The number of phenols is 1. The van der Waals surface area contributed by atoms with Gasteiger partial charge in [-0.15, -0.1) is 0 Å². The maximum atomic E-state index is 13.0. The molecule has 0 saturated heterocycles. The van der Waals surface area contributed by atoms with Gasteiger partial charge in [0.25, 0.3) is 5.69 Å². The maximum absolute atomic E-state index is 13.0. The number of nitro groups is 1. The van der Waals surface area contributed by atoms with Crippen molar-refractivity contribution in [2.45, 2.75) is 26.2 Å². The van der Waals surface area contributed by atoms with E-state index in [4.69, 9.17) is 4.42 Å². The number of unbranched alkanes of at least 4 members (excludes halogenated alkanes) is 1. The minimum absolute atomic E-state index is 0.0470. The molecule has 0 bridgehead atoms. The Morgan fingerprint density at radius 1 is 1.20 bits per heavy atom. The van der Waals surface area contributed by atoms with E-state index in [1.54, 1.807) is 12.1 Å². The van der Waals surface area contributed by atoms with E-state index in [1.807, 2.05) is 6.92 Å². The molecular weight excluding hydrogens is 322 g/mol. The lowest BCUT2D eigenvalue weighted by Gasteiger charge is -2.03. The average molecular weight is 339 g/mol. The normalized spacial score (nSPS) is 10.9. The Kier molecular flexibility index (Phi) is 4.52. The summed E-state index contributed by atoms with van der Waals surface area (Å²) in [5, 5.41) is 21.1. The maximum Gasteiger partial charge on any atom is 0.281 e. The molecule has 0 aliphatic heterocycles. The Hall–Kier alpha value is -3.15. The second-order valence-corrected chi connectivity index (χ2v) is 5.79. The zero-order chi connectivity index (χ0) is 18.0. The number of aryl methyl sites for hydroxylation is 1. The van der Waals surface area contributed by atoms with E-state index in [9.17, 15) is 20.0 Å². The number of phenolic OH excluding ortho intramolecular Hbond substituents is 1. The van der Waals surface area contributed by atoms with Gasteiger partial charge in [-0.2, -0.15) is 0 Å². The molecule has 0 radical (unpaired) electrons. The number of rotatable bonds is 6. The van der Waals surface area contributed by atoms with E-state index in [0.29, 0.717) is 23.3 Å². The van der Waals surface area contributed by atoms with E-state index in [2.05, 4.69) is 0 Å². The van der Waals surface area contributed by atoms with Crippen LogP contribution in [-0.4, -0.2) is 15.8 Å². The van der Waals surface area contributed by atoms with E-state index in [1.165, 1.54) is 30.3 Å². The van der Waals surface area contributed by atoms with E-state index < -0.39 is 4.92 Å². The standard InChI is InChI=1S/C19H17NO5/c1-2-3-6-16-18(19(22)12-8-10-13(21)11-9-12)17-14(20(23)24)5-4-7-15(17)25-16/h4-5,7-11,21H,2-3,6H2,1H3. The molecule has 2 aromatic carbocycles. The molecule has 0 saturated carbocycles. The first-order valence-corrected chi connectivity index (χ1v) is 8.05. The van der Waals surface area contributed by atoms with Gasteiger partial charge < -0.3 is 9.52 Å². The van der Waals surface area contributed by atoms with Crippen molar-refractivity contribution in [3.05, 3.63) is 69.5 Å². The summed E-state index contributed by atoms with van der Waals surface area (Å²) in [5.41, 5.74) is 0.770. The minimum atomic E-state index is -0.505. The van der Waals surface area contributed by atoms with Crippen LogP contribution in [0.4, 0.5) is 5.69 Å². The van der Waals surface area contributed by atoms with Gasteiger partial charge >= 0.3 is 0 Å². The molecule has 0 atom stereocenters. The molecule has 6 heteroatoms. The Bertz CT molecular complexity index is 940. The first-order valence-electron chi connectivity index (χ1n) is 8.05. The number of ketones is 1. The van der Waals surface area contributed by atoms with Gasteiger partial charge in [0.2, 0.25) is 0 Å². The lowest BCUT2D eigenvalue weighted by atomic mass is 9.97. The molecular formula is C19H17NO5. The van der Waals surface area contributed by atoms with Crippen LogP contribution in [0.2, 0.25) is 0 Å². The van der Waals surface area contributed by atoms with Crippen LogP contribution >= 0.6 is 0 Å². The number of carbonyl (C=O) groups excluding carboxylic acids is 1. The number of non-ortho nitro benzene ring substituents is 1. The number of furan rings is 1. The van der Waals surface area contributed by atoms with Crippen molar-refractivity contribution in [3.8, 4) is 5.75 Å². The van der Waals surface area contributed by atoms with E-state index in [0.717, 1.165) is 12.8 Å². The second-order valence-electron chi connectivity index (χ2n) is 5.79. The number of fused-ring (bicyclic) bond motifs is 1. The summed E-state index contributed by atoms with van der Waals surface area (Å²) in [6.45, 7) is 2.02. The molecule has 0 aliphatic carbocycles. The van der Waals surface area contributed by atoms with Crippen LogP contribution in [0.25, 0.3) is 11.0 Å². The quantitative estimate of drug-likeness (QED) is 0.402. The highest BCUT2D eigenvalue weighted by Crippen LogP contribution is 2.35. The van der Waals surface area contributed by atoms with Crippen LogP contribution in [0, 0.1) is 10.1 Å². The average Bonchev–Trinajstić information content (AvgIpc) is 2.98. The third-order valence-electron chi connectivity index (χ3n) is 4.08. The number of carbonyl (C=O) groups is 1. The zero-order valence-electron chi connectivity index (χ0n) is 13.7. The van der Waals surface area contributed by atoms with Gasteiger partial charge in [-0.1, -0.05) is 19.4 Å². The fourth-order valence-corrected chi connectivity index (χ4v) is 2.84. The third kappa shape index (κ3) is 3.10. The first kappa shape index (κ1) is 16.7. The van der Waals surface area contributed by atoms with Gasteiger partial charge in [0.15, 0.2) is 5.78 Å². The highest BCUT2D eigenvalue weighted by atomic mass is 16.6. The van der Waals surface area contributed by atoms with E-state index in [-0.39, 0.29) is 28.2 Å². The van der Waals surface area contributed by atoms with Crippen molar-refractivity contribution in [1.82, 2.24) is 0 Å². The van der Waals surface area contributed by atoms with Crippen molar-refractivity contribution < 1.29 is 19.2 Å². The first-order chi connectivity index (χ1) is 12.0. The van der Waals surface area contributed by atoms with Gasteiger partial charge in [0.1, 0.15) is 22.5 Å². The summed E-state index contributed by atoms with van der Waals surface area (Å²) in [6, 6.07) is 10.4. The topological polar surface area (TPSA) is 93.6 Å². The van der Waals surface area contributed by atoms with Crippen LogP contribution in [0.5, 0.6) is 5.75 Å². The van der Waals surface area contributed by atoms with Crippen LogP contribution in [-0.2, 0) is 6.42 Å². The molecule has 3 rings (SSSR count). The lowest BCUT2D eigenvalue weighted by Crippen LogP contribution is -2.04. The number of benzene rings is 2. The molecule has 1 heterocycles. The lowest BCUT2D eigenvalue weighted by molar-refractivity contribution is -0.383. The number of aromatic hydroxyl groups is 1. The monoisotopic (exact) mass is 339 g/mol. The molecule has 0 spiro atoms. The second kappa shape index (κ2) is 6.76. The Morgan fingerprint density at radius 2 is 1.92 bits per heavy atom. The summed E-state index contributed by atoms with van der Waals surface area (Å²) >= 11 is 0. The van der Waals surface area contributed by atoms with Crippen LogP contribution in [0.3, 0.4) is 0 Å². The van der Waals surface area contributed by atoms with Gasteiger partial charge in [-0.3, -0.25) is 14.9 Å². The van der Waals surface area contributed by atoms with Crippen molar-refractivity contribution in [2.24, 2.45) is 0 Å². The molecule has 1 aromatic heterocycles. The summed E-state index contributed by atoms with van der Waals surface area (Å²) in [6.07, 6.45) is 2.25. The molecule has 25 heavy (non-hydrogen) atoms. The van der Waals surface area contributed by atoms with Crippen molar-refractivity contribution >= 4 is 22.4 Å². The number of hydrogen-bond acceptors (Lipinski definition) is 5. The summed E-state index contributed by atoms with van der Waals surface area (Å²) in [7, 11) is 0. The zero-order valence-corrected chi connectivity index (χ0v) is 13.7. The Morgan fingerprint density at radius 3 is 2.56 bits per heavy atom. The fourth-order valence-electron chi connectivity index (χ4n) is 2.84. The molecule has 0 amide bonds. The van der Waals surface area contributed by atoms with Crippen molar-refractivity contribution in [3.63, 3.8) is 0 Å². The van der Waals surface area contributed by atoms with Gasteiger partial charge in [0.05, 0.1) is 10.5 Å². The van der Waals surface area contributed by atoms with Gasteiger partial charge in [-0.05, 0) is 36.8 Å². The number of nitro benzene ring substituents is 1. The van der Waals surface area contributed by atoms with Crippen LogP contribution in [0.1, 0.15) is 41.4 Å². The predicted molar refractivity (Wildman–Crippen MR) is 93.0 cm³/mol. The third-order valence-corrected chi connectivity index (χ3v) is 4.08. The Balaban J connectivity index is 2.23. The minimum Gasteiger partial charge on any atom is -0.508 e. The molecule has 1 N–H and O–H groups in total. The molecule has 6 nitrogen and oxygen atoms in total. The summed E-state index contributed by atoms with van der Waals surface area (Å²) in [4.78, 5) is 23.9. The molecule has 0 aliphatic rings. The largest absolute Gasteiger partial charge is 0.508 e. The highest BCUT2D eigenvalue weighted by Gasteiger charge is 2.27. The Labute approximate surface area is 143 Å². The number of hydrogen-bond donors (Lipinski definition) is 1. The summed E-state index contributed by atoms with van der Waals surface area (Å²) < 4.78 is 5.78. The van der Waals surface area contributed by atoms with Crippen LogP contribution in [0.15, 0.2) is 46.9 Å². The smallest absolute Gasteiger partial charge is 0.281 e. The molecule has 0 fully saturated rings. The summed E-state index contributed by atoms with van der Waals surface area (Å²) in [5.74, 6) is 0.161. The van der Waals surface area contributed by atoms with Crippen molar-refractivity contribution in [1.29, 1.82) is 0 Å². The van der Waals surface area contributed by atoms with Crippen LogP contribution < -0.4 is 0 Å². The predicted octanol–water partition coefficient (Wildman–Crippen LogP) is 4.62. The van der Waals surface area contributed by atoms with Crippen molar-refractivity contribution in [2.75, 3.05) is 0 Å². The highest BCUT2D eigenvalue weighted by molar-refractivity contribution is 6.18. The fraction of sp³-hybridized carbons (Fsp3) is 0.211.